The third-order valence-corrected chi connectivity index (χ3v) is 4.56. The van der Waals surface area contributed by atoms with Crippen molar-refractivity contribution in [1.29, 1.82) is 0 Å². The maximum atomic E-state index is 3.74. The molecule has 94 valence electrons. The summed E-state index contributed by atoms with van der Waals surface area (Å²) in [6.07, 6.45) is 4.73. The van der Waals surface area contributed by atoms with Crippen LogP contribution in [0.3, 0.4) is 0 Å². The van der Waals surface area contributed by atoms with E-state index in [2.05, 4.69) is 39.5 Å². The van der Waals surface area contributed by atoms with Crippen molar-refractivity contribution in [2.75, 3.05) is 25.0 Å². The van der Waals surface area contributed by atoms with Crippen molar-refractivity contribution in [2.24, 2.45) is 5.92 Å². The maximum Gasteiger partial charge on any atom is 0.0455 e. The van der Waals surface area contributed by atoms with Gasteiger partial charge in [0, 0.05) is 35.4 Å². The fraction of sp³-hybridized carbons (Fsp3) is 0.467. The number of benzene rings is 1. The molecule has 1 aromatic carbocycles. The van der Waals surface area contributed by atoms with Gasteiger partial charge < -0.3 is 15.2 Å². The molecule has 18 heavy (non-hydrogen) atoms. The van der Waals surface area contributed by atoms with Gasteiger partial charge in [0.05, 0.1) is 0 Å². The smallest absolute Gasteiger partial charge is 0.0455 e. The molecule has 1 aromatic heterocycles. The van der Waals surface area contributed by atoms with Crippen molar-refractivity contribution >= 4 is 16.6 Å². The van der Waals surface area contributed by atoms with Crippen LogP contribution in [0.4, 0.5) is 5.69 Å². The van der Waals surface area contributed by atoms with E-state index in [1.165, 1.54) is 49.1 Å². The zero-order valence-electron chi connectivity index (χ0n) is 10.5. The van der Waals surface area contributed by atoms with Crippen molar-refractivity contribution in [1.82, 2.24) is 9.88 Å². The number of piperidine rings is 3. The lowest BCUT2D eigenvalue weighted by Crippen LogP contribution is -2.53. The Bertz CT molecular complexity index is 552. The number of aromatic amines is 1. The Morgan fingerprint density at radius 2 is 2.06 bits per heavy atom. The molecule has 0 saturated carbocycles. The molecule has 2 aromatic rings. The fourth-order valence-corrected chi connectivity index (χ4v) is 3.49. The first-order chi connectivity index (χ1) is 8.88. The number of fused-ring (bicyclic) bond motifs is 4. The molecule has 0 amide bonds. The zero-order chi connectivity index (χ0) is 11.9. The van der Waals surface area contributed by atoms with E-state index < -0.39 is 0 Å². The third kappa shape index (κ3) is 1.70. The number of hydrogen-bond donors (Lipinski definition) is 2. The predicted octanol–water partition coefficient (Wildman–Crippen LogP) is 2.67. The van der Waals surface area contributed by atoms with Crippen molar-refractivity contribution in [3.8, 4) is 0 Å². The standard InChI is InChI=1S/C15H19N3/c1-2-14-12(3-6-16-14)9-13(1)17-15-10-18-7-4-11(15)5-8-18/h1-3,6,9,11,15-17H,4-5,7-8,10H2. The molecule has 3 saturated heterocycles. The molecule has 3 heteroatoms. The number of aromatic nitrogens is 1. The monoisotopic (exact) mass is 241 g/mol. The van der Waals surface area contributed by atoms with E-state index in [0.29, 0.717) is 6.04 Å². The molecular weight excluding hydrogens is 222 g/mol. The lowest BCUT2D eigenvalue weighted by Gasteiger charge is -2.45. The Kier molecular flexibility index (Phi) is 2.33. The van der Waals surface area contributed by atoms with Crippen LogP contribution in [0.5, 0.6) is 0 Å². The molecule has 2 bridgehead atoms. The topological polar surface area (TPSA) is 31.1 Å². The number of rotatable bonds is 2. The van der Waals surface area contributed by atoms with Gasteiger partial charge in [-0.3, -0.25) is 0 Å². The van der Waals surface area contributed by atoms with Crippen LogP contribution >= 0.6 is 0 Å². The Labute approximate surface area is 107 Å². The van der Waals surface area contributed by atoms with Gasteiger partial charge in [0.1, 0.15) is 0 Å². The number of H-pyrrole nitrogens is 1. The van der Waals surface area contributed by atoms with Crippen LogP contribution in [-0.4, -0.2) is 35.6 Å². The summed E-state index contributed by atoms with van der Waals surface area (Å²) < 4.78 is 0. The fourth-order valence-electron chi connectivity index (χ4n) is 3.49. The maximum absolute atomic E-state index is 3.74. The molecule has 0 spiro atoms. The van der Waals surface area contributed by atoms with Crippen molar-refractivity contribution < 1.29 is 0 Å². The van der Waals surface area contributed by atoms with Gasteiger partial charge in [0.25, 0.3) is 0 Å². The predicted molar refractivity (Wildman–Crippen MR) is 74.9 cm³/mol. The van der Waals surface area contributed by atoms with Crippen LogP contribution in [-0.2, 0) is 0 Å². The van der Waals surface area contributed by atoms with E-state index in [1.807, 2.05) is 6.20 Å². The largest absolute Gasteiger partial charge is 0.381 e. The molecule has 1 atom stereocenters. The third-order valence-electron chi connectivity index (χ3n) is 4.56. The Hall–Kier alpha value is -1.48. The summed E-state index contributed by atoms with van der Waals surface area (Å²) in [5, 5.41) is 5.03. The molecule has 4 heterocycles. The van der Waals surface area contributed by atoms with Crippen LogP contribution in [0.25, 0.3) is 10.9 Å². The molecule has 3 nitrogen and oxygen atoms in total. The van der Waals surface area contributed by atoms with Crippen LogP contribution in [0, 0.1) is 5.92 Å². The van der Waals surface area contributed by atoms with E-state index in [0.717, 1.165) is 5.92 Å². The highest BCUT2D eigenvalue weighted by Gasteiger charge is 2.33. The molecule has 0 radical (unpaired) electrons. The van der Waals surface area contributed by atoms with Gasteiger partial charge in [0.2, 0.25) is 0 Å². The van der Waals surface area contributed by atoms with Gasteiger partial charge in [-0.1, -0.05) is 0 Å². The summed E-state index contributed by atoms with van der Waals surface area (Å²) in [5.74, 6) is 0.872. The average molecular weight is 241 g/mol. The second-order valence-corrected chi connectivity index (χ2v) is 5.67. The Balaban J connectivity index is 1.56. The van der Waals surface area contributed by atoms with Crippen LogP contribution < -0.4 is 5.32 Å². The van der Waals surface area contributed by atoms with Crippen LogP contribution in [0.1, 0.15) is 12.8 Å². The van der Waals surface area contributed by atoms with Gasteiger partial charge >= 0.3 is 0 Å². The minimum atomic E-state index is 0.642. The second-order valence-electron chi connectivity index (χ2n) is 5.67. The van der Waals surface area contributed by atoms with Gasteiger partial charge in [0.15, 0.2) is 0 Å². The summed E-state index contributed by atoms with van der Waals surface area (Å²) in [4.78, 5) is 5.83. The van der Waals surface area contributed by atoms with E-state index in [4.69, 9.17) is 0 Å². The molecule has 2 N–H and O–H groups in total. The molecular formula is C15H19N3. The lowest BCUT2D eigenvalue weighted by molar-refractivity contribution is 0.0975. The molecule has 3 aliphatic rings. The summed E-state index contributed by atoms with van der Waals surface area (Å²) in [6, 6.07) is 9.39. The minimum Gasteiger partial charge on any atom is -0.381 e. The first-order valence-corrected chi connectivity index (χ1v) is 6.94. The van der Waals surface area contributed by atoms with Crippen LogP contribution in [0.2, 0.25) is 0 Å². The van der Waals surface area contributed by atoms with Gasteiger partial charge in [-0.05, 0) is 56.1 Å². The number of hydrogen-bond acceptors (Lipinski definition) is 2. The SMILES string of the molecule is c1cc2cc(NC3CN4CCC3CC4)ccc2[nH]1. The highest BCUT2D eigenvalue weighted by Crippen LogP contribution is 2.30. The second kappa shape index (κ2) is 4.02. The van der Waals surface area contributed by atoms with Gasteiger partial charge in [-0.25, -0.2) is 0 Å². The molecule has 5 rings (SSSR count). The first kappa shape index (κ1) is 10.4. The molecule has 3 aliphatic heterocycles. The average Bonchev–Trinajstić information content (AvgIpc) is 2.87. The number of nitrogens with zero attached hydrogens (tertiary/aromatic N) is 1. The highest BCUT2D eigenvalue weighted by atomic mass is 15.2. The van der Waals surface area contributed by atoms with Gasteiger partial charge in [-0.2, -0.15) is 0 Å². The number of nitrogens with one attached hydrogen (secondary N) is 2. The quantitative estimate of drug-likeness (QED) is 0.847. The van der Waals surface area contributed by atoms with Crippen molar-refractivity contribution in [2.45, 2.75) is 18.9 Å². The lowest BCUT2D eigenvalue weighted by atomic mass is 9.84. The highest BCUT2D eigenvalue weighted by molar-refractivity contribution is 5.83. The van der Waals surface area contributed by atoms with Crippen LogP contribution in [0.15, 0.2) is 30.5 Å². The van der Waals surface area contributed by atoms with Gasteiger partial charge in [-0.15, -0.1) is 0 Å². The number of anilines is 1. The summed E-state index contributed by atoms with van der Waals surface area (Å²) in [7, 11) is 0. The van der Waals surface area contributed by atoms with Crippen molar-refractivity contribution in [3.05, 3.63) is 30.5 Å². The Morgan fingerprint density at radius 1 is 1.17 bits per heavy atom. The minimum absolute atomic E-state index is 0.642. The molecule has 0 aliphatic carbocycles. The van der Waals surface area contributed by atoms with Crippen molar-refractivity contribution in [3.63, 3.8) is 0 Å². The summed E-state index contributed by atoms with van der Waals surface area (Å²) in [6.45, 7) is 3.83. The summed E-state index contributed by atoms with van der Waals surface area (Å²) in [5.41, 5.74) is 2.48. The van der Waals surface area contributed by atoms with E-state index >= 15 is 0 Å². The van der Waals surface area contributed by atoms with E-state index in [-0.39, 0.29) is 0 Å². The van der Waals surface area contributed by atoms with E-state index in [1.54, 1.807) is 0 Å². The summed E-state index contributed by atoms with van der Waals surface area (Å²) >= 11 is 0. The normalized spacial score (nSPS) is 30.8. The zero-order valence-corrected chi connectivity index (χ0v) is 10.5. The molecule has 3 fully saturated rings. The van der Waals surface area contributed by atoms with E-state index in [9.17, 15) is 0 Å². The first-order valence-electron chi connectivity index (χ1n) is 6.94. The molecule has 1 unspecified atom stereocenters. The Morgan fingerprint density at radius 3 is 2.83 bits per heavy atom.